The van der Waals surface area contributed by atoms with Crippen molar-refractivity contribution in [3.8, 4) is 0 Å². The first-order valence-corrected chi connectivity index (χ1v) is 8.95. The maximum atomic E-state index is 12.4. The number of aliphatic hydroxyl groups excluding tert-OH is 3. The van der Waals surface area contributed by atoms with Crippen LogP contribution >= 0.6 is 0 Å². The summed E-state index contributed by atoms with van der Waals surface area (Å²) in [6.07, 6.45) is 8.44. The molecule has 3 N–H and O–H groups in total. The number of cyclic esters (lactones) is 1. The van der Waals surface area contributed by atoms with Gasteiger partial charge in [-0.1, -0.05) is 29.4 Å². The Hall–Kier alpha value is -1.43. The highest BCUT2D eigenvalue weighted by atomic mass is 16.6. The van der Waals surface area contributed by atoms with Gasteiger partial charge in [-0.25, -0.2) is 4.79 Å². The first kappa shape index (κ1) is 21.6. The third kappa shape index (κ3) is 7.14. The molecule has 0 amide bonds. The number of hydrogen-bond donors (Lipinski definition) is 3. The highest BCUT2D eigenvalue weighted by molar-refractivity contribution is 5.89. The Morgan fingerprint density at radius 2 is 2.04 bits per heavy atom. The lowest BCUT2D eigenvalue weighted by molar-refractivity contribution is -0.166. The summed E-state index contributed by atoms with van der Waals surface area (Å²) >= 11 is 0. The van der Waals surface area contributed by atoms with E-state index >= 15 is 0 Å². The van der Waals surface area contributed by atoms with Crippen LogP contribution in [0.25, 0.3) is 0 Å². The minimum atomic E-state index is -0.897. The first-order chi connectivity index (χ1) is 11.8. The van der Waals surface area contributed by atoms with Gasteiger partial charge in [-0.2, -0.15) is 0 Å². The molecule has 0 aromatic heterocycles. The average molecular weight is 352 g/mol. The Bertz CT molecular complexity index is 532. The van der Waals surface area contributed by atoms with Gasteiger partial charge in [0.05, 0.1) is 19.3 Å². The van der Waals surface area contributed by atoms with E-state index in [2.05, 4.69) is 0 Å². The molecular weight excluding hydrogens is 320 g/mol. The molecule has 25 heavy (non-hydrogen) atoms. The van der Waals surface area contributed by atoms with Crippen LogP contribution in [-0.2, 0) is 9.53 Å². The molecule has 0 aromatic carbocycles. The van der Waals surface area contributed by atoms with Crippen LogP contribution in [0, 0.1) is 0 Å². The average Bonchev–Trinajstić information content (AvgIpc) is 2.72. The number of hydrogen-bond acceptors (Lipinski definition) is 5. The molecule has 5 nitrogen and oxygen atoms in total. The van der Waals surface area contributed by atoms with Crippen LogP contribution in [0.5, 0.6) is 0 Å². The van der Waals surface area contributed by atoms with Crippen molar-refractivity contribution in [3.05, 3.63) is 34.9 Å². The van der Waals surface area contributed by atoms with Gasteiger partial charge in [-0.15, -0.1) is 0 Å². The summed E-state index contributed by atoms with van der Waals surface area (Å²) in [5.74, 6) is -0.364. The normalized spacial score (nSPS) is 23.8. The molecule has 0 fully saturated rings. The van der Waals surface area contributed by atoms with Gasteiger partial charge >= 0.3 is 5.97 Å². The largest absolute Gasteiger partial charge is 0.453 e. The Kier molecular flexibility index (Phi) is 9.11. The quantitative estimate of drug-likeness (QED) is 0.439. The number of esters is 1. The second-order valence-corrected chi connectivity index (χ2v) is 7.01. The predicted octanol–water partition coefficient (Wildman–Crippen LogP) is 2.81. The van der Waals surface area contributed by atoms with Gasteiger partial charge in [-0.05, 0) is 59.3 Å². The molecule has 0 saturated carbocycles. The molecule has 0 spiro atoms. The smallest absolute Gasteiger partial charge is 0.334 e. The Morgan fingerprint density at radius 1 is 1.32 bits per heavy atom. The number of aliphatic hydroxyl groups is 3. The van der Waals surface area contributed by atoms with Crippen LogP contribution in [-0.4, -0.2) is 46.2 Å². The van der Waals surface area contributed by atoms with Crippen LogP contribution < -0.4 is 0 Å². The van der Waals surface area contributed by atoms with E-state index < -0.39 is 11.7 Å². The van der Waals surface area contributed by atoms with Crippen molar-refractivity contribution in [3.63, 3.8) is 0 Å². The van der Waals surface area contributed by atoms with Crippen LogP contribution in [0.2, 0.25) is 0 Å². The van der Waals surface area contributed by atoms with Crippen molar-refractivity contribution in [1.82, 2.24) is 0 Å². The zero-order valence-corrected chi connectivity index (χ0v) is 15.6. The molecule has 0 radical (unpaired) electrons. The minimum Gasteiger partial charge on any atom is -0.453 e. The van der Waals surface area contributed by atoms with Crippen molar-refractivity contribution in [2.75, 3.05) is 13.2 Å². The fourth-order valence-electron chi connectivity index (χ4n) is 2.85. The summed E-state index contributed by atoms with van der Waals surface area (Å²) in [7, 11) is 0. The minimum absolute atomic E-state index is 0.00827. The van der Waals surface area contributed by atoms with E-state index in [9.17, 15) is 9.90 Å². The van der Waals surface area contributed by atoms with Gasteiger partial charge < -0.3 is 20.1 Å². The van der Waals surface area contributed by atoms with Gasteiger partial charge in [0.1, 0.15) is 5.60 Å². The molecule has 1 aliphatic heterocycles. The van der Waals surface area contributed by atoms with Gasteiger partial charge in [0.2, 0.25) is 0 Å². The Morgan fingerprint density at radius 3 is 2.68 bits per heavy atom. The molecule has 1 aliphatic rings. The number of ether oxygens (including phenoxy) is 1. The molecule has 0 bridgehead atoms. The maximum Gasteiger partial charge on any atom is 0.334 e. The summed E-state index contributed by atoms with van der Waals surface area (Å²) < 4.78 is 5.65. The van der Waals surface area contributed by atoms with Crippen LogP contribution in [0.4, 0.5) is 0 Å². The van der Waals surface area contributed by atoms with Crippen LogP contribution in [0.1, 0.15) is 59.3 Å². The van der Waals surface area contributed by atoms with Crippen molar-refractivity contribution in [1.29, 1.82) is 0 Å². The standard InChI is InChI=1S/C20H32O5/c1-15(11-13-21)9-10-18(23)20(3)12-5-8-17(19(24)25-20)7-4-6-16(2)14-22/h6,8,11,18,21-23H,4-5,7,9-10,12-14H2,1-3H3. The van der Waals surface area contributed by atoms with Gasteiger partial charge in [-0.3, -0.25) is 0 Å². The molecule has 0 saturated heterocycles. The fraction of sp³-hybridized carbons (Fsp3) is 0.650. The molecule has 1 rings (SSSR count). The predicted molar refractivity (Wildman–Crippen MR) is 98.0 cm³/mol. The topological polar surface area (TPSA) is 87.0 Å². The zero-order valence-electron chi connectivity index (χ0n) is 15.6. The number of carbonyl (C=O) groups excluding carboxylic acids is 1. The SMILES string of the molecule is CC(=CCCC1=CCCC(C)(C(O)CCC(C)=CCO)OC1=O)CO. The summed E-state index contributed by atoms with van der Waals surface area (Å²) in [6, 6.07) is 0. The summed E-state index contributed by atoms with van der Waals surface area (Å²) in [6.45, 7) is 5.56. The highest BCUT2D eigenvalue weighted by Gasteiger charge is 2.38. The summed E-state index contributed by atoms with van der Waals surface area (Å²) in [5.41, 5.74) is 1.63. The van der Waals surface area contributed by atoms with E-state index in [1.807, 2.05) is 26.0 Å². The summed E-state index contributed by atoms with van der Waals surface area (Å²) in [5, 5.41) is 28.4. The van der Waals surface area contributed by atoms with E-state index in [0.29, 0.717) is 44.1 Å². The highest BCUT2D eigenvalue weighted by Crippen LogP contribution is 2.31. The second kappa shape index (κ2) is 10.5. The van der Waals surface area contributed by atoms with E-state index in [-0.39, 0.29) is 19.2 Å². The van der Waals surface area contributed by atoms with E-state index in [1.54, 1.807) is 13.0 Å². The number of carbonyl (C=O) groups is 1. The Labute approximate surface area is 150 Å². The lowest BCUT2D eigenvalue weighted by atomic mass is 9.89. The van der Waals surface area contributed by atoms with Gasteiger partial charge in [0.15, 0.2) is 0 Å². The lowest BCUT2D eigenvalue weighted by Crippen LogP contribution is -2.43. The Balaban J connectivity index is 2.63. The van der Waals surface area contributed by atoms with E-state index in [0.717, 1.165) is 11.1 Å². The molecule has 2 unspecified atom stereocenters. The lowest BCUT2D eigenvalue weighted by Gasteiger charge is -2.33. The van der Waals surface area contributed by atoms with E-state index in [1.165, 1.54) is 0 Å². The molecule has 0 aliphatic carbocycles. The van der Waals surface area contributed by atoms with Gasteiger partial charge in [0.25, 0.3) is 0 Å². The third-order valence-corrected chi connectivity index (χ3v) is 4.73. The first-order valence-electron chi connectivity index (χ1n) is 8.95. The molecule has 0 aromatic rings. The molecule has 142 valence electrons. The van der Waals surface area contributed by atoms with Crippen molar-refractivity contribution < 1.29 is 24.9 Å². The monoisotopic (exact) mass is 352 g/mol. The number of allylic oxidation sites excluding steroid dienone is 3. The van der Waals surface area contributed by atoms with Crippen molar-refractivity contribution in [2.45, 2.75) is 71.0 Å². The molecule has 2 atom stereocenters. The van der Waals surface area contributed by atoms with Crippen LogP contribution in [0.15, 0.2) is 34.9 Å². The van der Waals surface area contributed by atoms with Crippen LogP contribution in [0.3, 0.4) is 0 Å². The molecule has 5 heteroatoms. The third-order valence-electron chi connectivity index (χ3n) is 4.73. The van der Waals surface area contributed by atoms with Crippen molar-refractivity contribution in [2.24, 2.45) is 0 Å². The zero-order chi connectivity index (χ0) is 18.9. The fourth-order valence-corrected chi connectivity index (χ4v) is 2.85. The molecule has 1 heterocycles. The number of rotatable bonds is 9. The summed E-state index contributed by atoms with van der Waals surface area (Å²) in [4.78, 5) is 12.4. The second-order valence-electron chi connectivity index (χ2n) is 7.01. The van der Waals surface area contributed by atoms with Gasteiger partial charge in [0, 0.05) is 5.57 Å². The maximum absolute atomic E-state index is 12.4. The molecular formula is C20H32O5. The van der Waals surface area contributed by atoms with Crippen molar-refractivity contribution >= 4 is 5.97 Å². The van der Waals surface area contributed by atoms with E-state index in [4.69, 9.17) is 14.9 Å².